The van der Waals surface area contributed by atoms with Crippen LogP contribution in [0.5, 0.6) is 11.5 Å². The van der Waals surface area contributed by atoms with E-state index in [9.17, 15) is 9.59 Å². The first-order chi connectivity index (χ1) is 20.3. The van der Waals surface area contributed by atoms with Crippen molar-refractivity contribution in [1.82, 2.24) is 9.47 Å². The number of ether oxygens (including phenoxy) is 2. The Morgan fingerprint density at radius 3 is 2.40 bits per heavy atom. The maximum absolute atomic E-state index is 14.0. The molecule has 0 saturated heterocycles. The normalized spacial score (nSPS) is 14.8. The van der Waals surface area contributed by atoms with Gasteiger partial charge in [-0.05, 0) is 68.3 Å². The molecule has 0 fully saturated rings. The largest absolute Gasteiger partial charge is 0.496 e. The number of fused-ring (bicyclic) bond motifs is 1. The zero-order valence-electron chi connectivity index (χ0n) is 24.0. The van der Waals surface area contributed by atoms with Gasteiger partial charge in [0.05, 0.1) is 22.9 Å². The summed E-state index contributed by atoms with van der Waals surface area (Å²) in [5.74, 6) is 1.21. The smallest absolute Gasteiger partial charge is 0.271 e. The fraction of sp³-hybridized carbons (Fsp3) is 0.242. The molecule has 1 aromatic heterocycles. The van der Waals surface area contributed by atoms with Crippen LogP contribution in [0, 0.1) is 0 Å². The molecule has 3 aromatic carbocycles. The van der Waals surface area contributed by atoms with Crippen LogP contribution >= 0.6 is 27.3 Å². The molecule has 7 nitrogen and oxygen atoms in total. The molecule has 0 spiro atoms. The minimum absolute atomic E-state index is 0.134. The third-order valence-electron chi connectivity index (χ3n) is 7.23. The summed E-state index contributed by atoms with van der Waals surface area (Å²) in [5.41, 5.74) is 3.55. The lowest BCUT2D eigenvalue weighted by Gasteiger charge is -2.29. The summed E-state index contributed by atoms with van der Waals surface area (Å²) in [5, 5.41) is 0. The van der Waals surface area contributed by atoms with Gasteiger partial charge in [-0.25, -0.2) is 4.99 Å². The molecule has 9 heteroatoms. The highest BCUT2D eigenvalue weighted by Gasteiger charge is 2.35. The minimum atomic E-state index is -0.665. The predicted octanol–water partition coefficient (Wildman–Crippen LogP) is 5.45. The van der Waals surface area contributed by atoms with Crippen molar-refractivity contribution < 1.29 is 14.3 Å². The second kappa shape index (κ2) is 12.9. The van der Waals surface area contributed by atoms with Crippen LogP contribution in [0.25, 0.3) is 6.08 Å². The van der Waals surface area contributed by atoms with Gasteiger partial charge in [0.1, 0.15) is 24.1 Å². The number of benzene rings is 3. The first-order valence-electron chi connectivity index (χ1n) is 13.8. The second-order valence-corrected chi connectivity index (χ2v) is 11.7. The van der Waals surface area contributed by atoms with Crippen LogP contribution in [0.1, 0.15) is 43.5 Å². The monoisotopic (exact) mass is 645 g/mol. The molecule has 4 aromatic rings. The van der Waals surface area contributed by atoms with Crippen LogP contribution in [-0.4, -0.2) is 35.6 Å². The van der Waals surface area contributed by atoms with Crippen molar-refractivity contribution in [2.45, 2.75) is 33.4 Å². The predicted molar refractivity (Wildman–Crippen MR) is 170 cm³/mol. The van der Waals surface area contributed by atoms with Gasteiger partial charge in [0.15, 0.2) is 4.80 Å². The lowest BCUT2D eigenvalue weighted by Crippen LogP contribution is -2.43. The summed E-state index contributed by atoms with van der Waals surface area (Å²) in [4.78, 5) is 34.9. The third-order valence-corrected chi connectivity index (χ3v) is 8.74. The van der Waals surface area contributed by atoms with Crippen molar-refractivity contribution in [3.63, 3.8) is 0 Å². The maximum Gasteiger partial charge on any atom is 0.271 e. The molecule has 1 amide bonds. The van der Waals surface area contributed by atoms with Crippen LogP contribution < -0.4 is 24.4 Å². The van der Waals surface area contributed by atoms with Crippen molar-refractivity contribution in [2.24, 2.45) is 4.99 Å². The molecule has 216 valence electrons. The van der Waals surface area contributed by atoms with Crippen molar-refractivity contribution >= 4 is 39.2 Å². The number of hydrogen-bond donors (Lipinski definition) is 0. The zero-order chi connectivity index (χ0) is 29.8. The first kappa shape index (κ1) is 29.5. The van der Waals surface area contributed by atoms with Crippen LogP contribution in [0.4, 0.5) is 0 Å². The van der Waals surface area contributed by atoms with Gasteiger partial charge in [0.25, 0.3) is 11.5 Å². The quantitative estimate of drug-likeness (QED) is 0.243. The van der Waals surface area contributed by atoms with Gasteiger partial charge in [-0.3, -0.25) is 14.2 Å². The van der Waals surface area contributed by atoms with E-state index in [0.717, 1.165) is 26.9 Å². The number of rotatable bonds is 9. The Bertz CT molecular complexity index is 1800. The van der Waals surface area contributed by atoms with Crippen molar-refractivity contribution in [2.75, 3.05) is 20.2 Å². The molecular formula is C33H32BrN3O4S. The Kier molecular flexibility index (Phi) is 9.09. The van der Waals surface area contributed by atoms with Gasteiger partial charge in [-0.15, -0.1) is 0 Å². The van der Waals surface area contributed by atoms with E-state index in [4.69, 9.17) is 14.5 Å². The van der Waals surface area contributed by atoms with Crippen LogP contribution in [0.15, 0.2) is 98.3 Å². The van der Waals surface area contributed by atoms with Crippen LogP contribution in [0.3, 0.4) is 0 Å². The Hall–Kier alpha value is -3.95. The molecule has 0 radical (unpaired) electrons. The molecule has 0 saturated carbocycles. The van der Waals surface area contributed by atoms with Crippen LogP contribution in [0.2, 0.25) is 0 Å². The third kappa shape index (κ3) is 5.98. The van der Waals surface area contributed by atoms with E-state index in [1.54, 1.807) is 16.6 Å². The Morgan fingerprint density at radius 1 is 1.05 bits per heavy atom. The summed E-state index contributed by atoms with van der Waals surface area (Å²) in [7, 11) is 1.59. The number of carbonyl (C=O) groups is 1. The minimum Gasteiger partial charge on any atom is -0.496 e. The number of amides is 1. The van der Waals surface area contributed by atoms with Gasteiger partial charge in [0, 0.05) is 23.1 Å². The van der Waals surface area contributed by atoms with Crippen LogP contribution in [-0.2, 0) is 11.4 Å². The first-order valence-corrected chi connectivity index (χ1v) is 15.4. The van der Waals surface area contributed by atoms with Crippen molar-refractivity contribution in [3.05, 3.63) is 125 Å². The Balaban J connectivity index is 1.53. The summed E-state index contributed by atoms with van der Waals surface area (Å²) in [6, 6.07) is 22.5. The maximum atomic E-state index is 14.0. The fourth-order valence-electron chi connectivity index (χ4n) is 5.02. The average Bonchev–Trinajstić information content (AvgIpc) is 3.31. The number of allylic oxidation sites excluding steroid dienone is 1. The van der Waals surface area contributed by atoms with Crippen molar-refractivity contribution in [1.29, 1.82) is 0 Å². The highest BCUT2D eigenvalue weighted by molar-refractivity contribution is 9.10. The topological polar surface area (TPSA) is 73.1 Å². The molecule has 0 aliphatic carbocycles. The van der Waals surface area contributed by atoms with Gasteiger partial charge >= 0.3 is 0 Å². The number of halogens is 1. The SMILES string of the molecule is CCN(CC)C(=O)C1=C(C)N=c2s/c(=C/c3ccc(OCc4ccc(Br)cc4)cc3)c(=O)n2[C@H]1c1ccccc1OC. The summed E-state index contributed by atoms with van der Waals surface area (Å²) in [6.07, 6.45) is 1.85. The van der Waals surface area contributed by atoms with Gasteiger partial charge in [-0.2, -0.15) is 0 Å². The van der Waals surface area contributed by atoms with E-state index in [0.29, 0.717) is 46.0 Å². The molecule has 2 heterocycles. The second-order valence-electron chi connectivity index (χ2n) is 9.79. The van der Waals surface area contributed by atoms with Gasteiger partial charge in [-0.1, -0.05) is 69.7 Å². The highest BCUT2D eigenvalue weighted by Crippen LogP contribution is 2.36. The number of hydrogen-bond acceptors (Lipinski definition) is 6. The molecule has 0 unspecified atom stereocenters. The van der Waals surface area contributed by atoms with E-state index in [1.807, 2.05) is 99.6 Å². The molecule has 5 rings (SSSR count). The zero-order valence-corrected chi connectivity index (χ0v) is 26.4. The number of likely N-dealkylation sites (N-methyl/N-ethyl adjacent to an activating group) is 1. The van der Waals surface area contributed by atoms with Crippen molar-refractivity contribution in [3.8, 4) is 11.5 Å². The van der Waals surface area contributed by atoms with Gasteiger partial charge in [0.2, 0.25) is 0 Å². The standard InChI is InChI=1S/C33H32BrN3O4S/c1-5-36(6-2)32(39)29-21(3)35-33-37(30(29)26-9-7-8-10-27(26)40-4)31(38)28(42-33)19-22-13-17-25(18-14-22)41-20-23-11-15-24(34)16-12-23/h7-19,30H,5-6,20H2,1-4H3/b28-19+/t30-/m0/s1. The van der Waals surface area contributed by atoms with E-state index < -0.39 is 6.04 Å². The highest BCUT2D eigenvalue weighted by atomic mass is 79.9. The molecular weight excluding hydrogens is 614 g/mol. The molecule has 1 atom stereocenters. The molecule has 0 N–H and O–H groups in total. The number of nitrogens with zero attached hydrogens (tertiary/aromatic N) is 3. The van der Waals surface area contributed by atoms with Gasteiger partial charge < -0.3 is 14.4 Å². The summed E-state index contributed by atoms with van der Waals surface area (Å²) in [6.45, 7) is 7.30. The Labute approximate surface area is 257 Å². The number of para-hydroxylation sites is 1. The molecule has 0 bridgehead atoms. The van der Waals surface area contributed by atoms with E-state index >= 15 is 0 Å². The van der Waals surface area contributed by atoms with E-state index in [1.165, 1.54) is 11.3 Å². The summed E-state index contributed by atoms with van der Waals surface area (Å²) >= 11 is 4.76. The lowest BCUT2D eigenvalue weighted by atomic mass is 9.94. The summed E-state index contributed by atoms with van der Waals surface area (Å²) < 4.78 is 14.8. The molecule has 1 aliphatic heterocycles. The number of methoxy groups -OCH3 is 1. The number of aromatic nitrogens is 1. The fourth-order valence-corrected chi connectivity index (χ4v) is 6.33. The lowest BCUT2D eigenvalue weighted by molar-refractivity contribution is -0.127. The van der Waals surface area contributed by atoms with E-state index in [-0.39, 0.29) is 11.5 Å². The number of thiazole rings is 1. The average molecular weight is 647 g/mol. The molecule has 1 aliphatic rings. The molecule has 42 heavy (non-hydrogen) atoms. The number of carbonyl (C=O) groups excluding carboxylic acids is 1. The Morgan fingerprint density at radius 2 is 1.74 bits per heavy atom. The van der Waals surface area contributed by atoms with E-state index in [2.05, 4.69) is 15.9 Å².